The lowest BCUT2D eigenvalue weighted by Gasteiger charge is -2.19. The van der Waals surface area contributed by atoms with Crippen LogP contribution in [0.2, 0.25) is 0 Å². The van der Waals surface area contributed by atoms with Gasteiger partial charge in [0.2, 0.25) is 0 Å². The fourth-order valence-electron chi connectivity index (χ4n) is 1.52. The molecular formula is C15H16O3. The SMILES string of the molecule is C=C(C(=O)Oc1cccc2occc12)C(C)(C)C. The van der Waals surface area contributed by atoms with E-state index in [1.54, 1.807) is 24.5 Å². The van der Waals surface area contributed by atoms with Gasteiger partial charge in [-0.1, -0.05) is 33.4 Å². The third kappa shape index (κ3) is 2.30. The quantitative estimate of drug-likeness (QED) is 0.456. The molecule has 1 aromatic heterocycles. The summed E-state index contributed by atoms with van der Waals surface area (Å²) in [5, 5.41) is 0.785. The molecule has 0 atom stereocenters. The van der Waals surface area contributed by atoms with E-state index in [1.807, 2.05) is 26.8 Å². The van der Waals surface area contributed by atoms with Gasteiger partial charge in [0.15, 0.2) is 0 Å². The molecule has 0 fully saturated rings. The average Bonchev–Trinajstić information content (AvgIpc) is 2.75. The second-order valence-corrected chi connectivity index (χ2v) is 5.21. The van der Waals surface area contributed by atoms with Crippen LogP contribution in [-0.2, 0) is 4.79 Å². The van der Waals surface area contributed by atoms with Crippen molar-refractivity contribution < 1.29 is 13.9 Å². The van der Waals surface area contributed by atoms with Crippen LogP contribution in [0.1, 0.15) is 20.8 Å². The predicted molar refractivity (Wildman–Crippen MR) is 70.4 cm³/mol. The summed E-state index contributed by atoms with van der Waals surface area (Å²) in [6, 6.07) is 7.13. The van der Waals surface area contributed by atoms with E-state index in [-0.39, 0.29) is 5.41 Å². The van der Waals surface area contributed by atoms with E-state index in [4.69, 9.17) is 9.15 Å². The topological polar surface area (TPSA) is 39.4 Å². The van der Waals surface area contributed by atoms with Gasteiger partial charge < -0.3 is 9.15 Å². The smallest absolute Gasteiger partial charge is 0.339 e. The van der Waals surface area contributed by atoms with E-state index in [9.17, 15) is 4.79 Å². The average molecular weight is 244 g/mol. The van der Waals surface area contributed by atoms with Gasteiger partial charge in [0, 0.05) is 5.57 Å². The van der Waals surface area contributed by atoms with Gasteiger partial charge in [0.05, 0.1) is 11.6 Å². The van der Waals surface area contributed by atoms with Crippen LogP contribution < -0.4 is 4.74 Å². The first-order chi connectivity index (χ1) is 8.39. The molecule has 2 rings (SSSR count). The van der Waals surface area contributed by atoms with E-state index in [1.165, 1.54) is 0 Å². The summed E-state index contributed by atoms with van der Waals surface area (Å²) >= 11 is 0. The number of rotatable bonds is 2. The Labute approximate surface area is 106 Å². The molecule has 3 heteroatoms. The van der Waals surface area contributed by atoms with Crippen LogP contribution >= 0.6 is 0 Å². The number of esters is 1. The van der Waals surface area contributed by atoms with Crippen molar-refractivity contribution in [3.63, 3.8) is 0 Å². The van der Waals surface area contributed by atoms with E-state index < -0.39 is 5.97 Å². The molecule has 94 valence electrons. The van der Waals surface area contributed by atoms with Crippen LogP contribution in [0.15, 0.2) is 47.1 Å². The number of benzene rings is 1. The van der Waals surface area contributed by atoms with Crippen molar-refractivity contribution in [2.45, 2.75) is 20.8 Å². The molecule has 0 aliphatic heterocycles. The summed E-state index contributed by atoms with van der Waals surface area (Å²) in [4.78, 5) is 12.0. The molecule has 1 aromatic carbocycles. The third-order valence-electron chi connectivity index (χ3n) is 2.81. The first kappa shape index (κ1) is 12.4. The second kappa shape index (κ2) is 4.33. The van der Waals surface area contributed by atoms with Crippen LogP contribution in [0.3, 0.4) is 0 Å². The van der Waals surface area contributed by atoms with Crippen molar-refractivity contribution in [3.8, 4) is 5.75 Å². The summed E-state index contributed by atoms with van der Waals surface area (Å²) in [5.41, 5.74) is 0.839. The number of furan rings is 1. The Hall–Kier alpha value is -2.03. The monoisotopic (exact) mass is 244 g/mol. The number of hydrogen-bond donors (Lipinski definition) is 0. The zero-order valence-corrected chi connectivity index (χ0v) is 10.8. The Kier molecular flexibility index (Phi) is 2.99. The van der Waals surface area contributed by atoms with Gasteiger partial charge in [-0.2, -0.15) is 0 Å². The molecule has 0 aliphatic carbocycles. The van der Waals surface area contributed by atoms with Gasteiger partial charge in [-0.15, -0.1) is 0 Å². The summed E-state index contributed by atoms with van der Waals surface area (Å²) < 4.78 is 10.6. The van der Waals surface area contributed by atoms with Gasteiger partial charge in [-0.3, -0.25) is 0 Å². The Morgan fingerprint density at radius 1 is 1.28 bits per heavy atom. The van der Waals surface area contributed by atoms with Crippen molar-refractivity contribution >= 4 is 16.9 Å². The standard InChI is InChI=1S/C15H16O3/c1-10(15(2,3)4)14(16)18-13-7-5-6-12-11(13)8-9-17-12/h5-9H,1H2,2-4H3. The Balaban J connectivity index is 2.27. The van der Waals surface area contributed by atoms with E-state index >= 15 is 0 Å². The number of fused-ring (bicyclic) bond motifs is 1. The molecule has 18 heavy (non-hydrogen) atoms. The lowest BCUT2D eigenvalue weighted by Crippen LogP contribution is -2.21. The van der Waals surface area contributed by atoms with Crippen LogP contribution in [0.4, 0.5) is 0 Å². The summed E-state index contributed by atoms with van der Waals surface area (Å²) in [6.45, 7) is 9.57. The minimum Gasteiger partial charge on any atom is -0.464 e. The number of ether oxygens (including phenoxy) is 1. The largest absolute Gasteiger partial charge is 0.464 e. The van der Waals surface area contributed by atoms with Crippen molar-refractivity contribution in [1.29, 1.82) is 0 Å². The maximum absolute atomic E-state index is 12.0. The van der Waals surface area contributed by atoms with E-state index in [0.717, 1.165) is 5.39 Å². The molecule has 0 aliphatic rings. The molecule has 2 aromatic rings. The van der Waals surface area contributed by atoms with Crippen LogP contribution in [0, 0.1) is 5.41 Å². The third-order valence-corrected chi connectivity index (χ3v) is 2.81. The minimum absolute atomic E-state index is 0.304. The highest BCUT2D eigenvalue weighted by Gasteiger charge is 2.23. The lowest BCUT2D eigenvalue weighted by atomic mass is 9.88. The minimum atomic E-state index is -0.406. The summed E-state index contributed by atoms with van der Waals surface area (Å²) in [7, 11) is 0. The number of hydrogen-bond acceptors (Lipinski definition) is 3. The molecule has 3 nitrogen and oxygen atoms in total. The predicted octanol–water partition coefficient (Wildman–Crippen LogP) is 3.94. The van der Waals surface area contributed by atoms with Crippen molar-refractivity contribution in [2.75, 3.05) is 0 Å². The van der Waals surface area contributed by atoms with Crippen molar-refractivity contribution in [1.82, 2.24) is 0 Å². The molecule has 0 unspecified atom stereocenters. The molecule has 0 bridgehead atoms. The Morgan fingerprint density at radius 2 is 2.00 bits per heavy atom. The van der Waals surface area contributed by atoms with Crippen LogP contribution in [0.25, 0.3) is 11.0 Å². The molecular weight excluding hydrogens is 228 g/mol. The van der Waals surface area contributed by atoms with Crippen LogP contribution in [0.5, 0.6) is 5.75 Å². The van der Waals surface area contributed by atoms with Gasteiger partial charge >= 0.3 is 5.97 Å². The van der Waals surface area contributed by atoms with Crippen molar-refractivity contribution in [3.05, 3.63) is 42.7 Å². The lowest BCUT2D eigenvalue weighted by molar-refractivity contribution is -0.131. The molecule has 0 saturated carbocycles. The first-order valence-corrected chi connectivity index (χ1v) is 5.77. The zero-order valence-electron chi connectivity index (χ0n) is 10.8. The molecule has 1 heterocycles. The molecule has 0 saturated heterocycles. The molecule has 0 spiro atoms. The zero-order chi connectivity index (χ0) is 13.3. The fraction of sp³-hybridized carbons (Fsp3) is 0.267. The maximum atomic E-state index is 12.0. The highest BCUT2D eigenvalue weighted by atomic mass is 16.5. The number of carbonyl (C=O) groups is 1. The number of carbonyl (C=O) groups excluding carboxylic acids is 1. The summed E-state index contributed by atoms with van der Waals surface area (Å²) in [6.07, 6.45) is 1.57. The van der Waals surface area contributed by atoms with Crippen LogP contribution in [-0.4, -0.2) is 5.97 Å². The first-order valence-electron chi connectivity index (χ1n) is 5.77. The van der Waals surface area contributed by atoms with Gasteiger partial charge in [0.1, 0.15) is 11.3 Å². The Bertz CT molecular complexity index is 599. The molecule has 0 radical (unpaired) electrons. The highest BCUT2D eigenvalue weighted by Crippen LogP contribution is 2.29. The van der Waals surface area contributed by atoms with E-state index in [2.05, 4.69) is 6.58 Å². The van der Waals surface area contributed by atoms with Gasteiger partial charge in [0.25, 0.3) is 0 Å². The highest BCUT2D eigenvalue weighted by molar-refractivity contribution is 5.94. The molecule has 0 amide bonds. The fourth-order valence-corrected chi connectivity index (χ4v) is 1.52. The van der Waals surface area contributed by atoms with E-state index in [0.29, 0.717) is 16.9 Å². The normalized spacial score (nSPS) is 11.5. The summed E-state index contributed by atoms with van der Waals surface area (Å²) in [5.74, 6) is 0.0906. The van der Waals surface area contributed by atoms with Gasteiger partial charge in [-0.05, 0) is 23.6 Å². The van der Waals surface area contributed by atoms with Gasteiger partial charge in [-0.25, -0.2) is 4.79 Å². The van der Waals surface area contributed by atoms with Crippen molar-refractivity contribution in [2.24, 2.45) is 5.41 Å². The second-order valence-electron chi connectivity index (χ2n) is 5.21. The Morgan fingerprint density at radius 3 is 2.67 bits per heavy atom. The molecule has 0 N–H and O–H groups in total. The maximum Gasteiger partial charge on any atom is 0.339 e.